The van der Waals surface area contributed by atoms with Crippen LogP contribution in [-0.4, -0.2) is 12.6 Å². The Morgan fingerprint density at radius 1 is 1.25 bits per heavy atom. The van der Waals surface area contributed by atoms with Crippen molar-refractivity contribution in [3.8, 4) is 0 Å². The van der Waals surface area contributed by atoms with Crippen LogP contribution in [0.4, 0.5) is 4.39 Å². The van der Waals surface area contributed by atoms with Crippen LogP contribution in [0.3, 0.4) is 0 Å². The van der Waals surface area contributed by atoms with Gasteiger partial charge in [-0.3, -0.25) is 0 Å². The van der Waals surface area contributed by atoms with E-state index in [1.807, 2.05) is 12.1 Å². The molecule has 0 spiro atoms. The first-order valence-electron chi connectivity index (χ1n) is 6.07. The van der Waals surface area contributed by atoms with Crippen molar-refractivity contribution in [3.63, 3.8) is 0 Å². The molecule has 0 heterocycles. The number of hydrogen-bond donors (Lipinski definition) is 1. The number of halogens is 1. The van der Waals surface area contributed by atoms with E-state index >= 15 is 0 Å². The van der Waals surface area contributed by atoms with Gasteiger partial charge in [0.25, 0.3) is 0 Å². The number of benzene rings is 1. The van der Waals surface area contributed by atoms with Crippen LogP contribution in [0.2, 0.25) is 0 Å². The summed E-state index contributed by atoms with van der Waals surface area (Å²) in [5, 5.41) is 3.58. The van der Waals surface area contributed by atoms with E-state index in [0.29, 0.717) is 6.04 Å². The van der Waals surface area contributed by atoms with Crippen LogP contribution >= 0.6 is 0 Å². The summed E-state index contributed by atoms with van der Waals surface area (Å²) in [5.41, 5.74) is 1.27. The van der Waals surface area contributed by atoms with Gasteiger partial charge in [0.15, 0.2) is 0 Å². The highest BCUT2D eigenvalue weighted by atomic mass is 19.1. The SMILES string of the molecule is CC(C)(CNC1CCC1)c1ccc(F)cc1. The molecule has 2 heteroatoms. The standard InChI is InChI=1S/C14H20FN/c1-14(2,10-16-13-4-3-5-13)11-6-8-12(15)9-7-11/h6-9,13,16H,3-5,10H2,1-2H3. The second-order valence-corrected chi connectivity index (χ2v) is 5.40. The van der Waals surface area contributed by atoms with Gasteiger partial charge in [-0.15, -0.1) is 0 Å². The highest BCUT2D eigenvalue weighted by molar-refractivity contribution is 5.24. The third-order valence-corrected chi connectivity index (χ3v) is 3.56. The summed E-state index contributed by atoms with van der Waals surface area (Å²) in [6.07, 6.45) is 3.97. The molecular weight excluding hydrogens is 201 g/mol. The summed E-state index contributed by atoms with van der Waals surface area (Å²) in [4.78, 5) is 0. The molecular formula is C14H20FN. The van der Waals surface area contributed by atoms with Crippen LogP contribution in [0.5, 0.6) is 0 Å². The van der Waals surface area contributed by atoms with Gasteiger partial charge in [-0.25, -0.2) is 4.39 Å². The van der Waals surface area contributed by atoms with Crippen LogP contribution < -0.4 is 5.32 Å². The van der Waals surface area contributed by atoms with Crippen LogP contribution in [0.25, 0.3) is 0 Å². The van der Waals surface area contributed by atoms with Gasteiger partial charge >= 0.3 is 0 Å². The highest BCUT2D eigenvalue weighted by Crippen LogP contribution is 2.24. The van der Waals surface area contributed by atoms with Crippen molar-refractivity contribution in [3.05, 3.63) is 35.6 Å². The van der Waals surface area contributed by atoms with Crippen molar-refractivity contribution in [2.24, 2.45) is 0 Å². The fourth-order valence-corrected chi connectivity index (χ4v) is 2.02. The van der Waals surface area contributed by atoms with E-state index in [1.165, 1.54) is 24.8 Å². The van der Waals surface area contributed by atoms with E-state index in [9.17, 15) is 4.39 Å². The second-order valence-electron chi connectivity index (χ2n) is 5.40. The Morgan fingerprint density at radius 3 is 2.38 bits per heavy atom. The highest BCUT2D eigenvalue weighted by Gasteiger charge is 2.24. The summed E-state index contributed by atoms with van der Waals surface area (Å²) in [6, 6.07) is 7.57. The van der Waals surface area contributed by atoms with Crippen molar-refractivity contribution >= 4 is 0 Å². The molecule has 0 radical (unpaired) electrons. The molecule has 0 aromatic heterocycles. The van der Waals surface area contributed by atoms with Gasteiger partial charge in [0.2, 0.25) is 0 Å². The maximum absolute atomic E-state index is 12.8. The zero-order valence-corrected chi connectivity index (χ0v) is 10.1. The van der Waals surface area contributed by atoms with E-state index < -0.39 is 0 Å². The molecule has 1 saturated carbocycles. The minimum absolute atomic E-state index is 0.0727. The van der Waals surface area contributed by atoms with Gasteiger partial charge in [-0.1, -0.05) is 32.4 Å². The molecule has 0 unspecified atom stereocenters. The first-order chi connectivity index (χ1) is 7.58. The van der Waals surface area contributed by atoms with Crippen molar-refractivity contribution < 1.29 is 4.39 Å². The topological polar surface area (TPSA) is 12.0 Å². The summed E-state index contributed by atoms with van der Waals surface area (Å²) in [5.74, 6) is -0.161. The quantitative estimate of drug-likeness (QED) is 0.823. The minimum Gasteiger partial charge on any atom is -0.313 e. The molecule has 1 aliphatic carbocycles. The first-order valence-corrected chi connectivity index (χ1v) is 6.07. The van der Waals surface area contributed by atoms with E-state index in [-0.39, 0.29) is 11.2 Å². The zero-order chi connectivity index (χ0) is 11.6. The number of nitrogens with one attached hydrogen (secondary N) is 1. The molecule has 0 aliphatic heterocycles. The van der Waals surface area contributed by atoms with Crippen molar-refractivity contribution in [2.45, 2.75) is 44.6 Å². The molecule has 1 fully saturated rings. The predicted octanol–water partition coefficient (Wildman–Crippen LogP) is 3.25. The number of hydrogen-bond acceptors (Lipinski definition) is 1. The van der Waals surface area contributed by atoms with E-state index in [4.69, 9.17) is 0 Å². The van der Waals surface area contributed by atoms with Crippen LogP contribution in [-0.2, 0) is 5.41 Å². The smallest absolute Gasteiger partial charge is 0.123 e. The normalized spacial score (nSPS) is 17.2. The molecule has 16 heavy (non-hydrogen) atoms. The second kappa shape index (κ2) is 4.54. The van der Waals surface area contributed by atoms with Gasteiger partial charge in [0, 0.05) is 18.0 Å². The average molecular weight is 221 g/mol. The third kappa shape index (κ3) is 2.62. The van der Waals surface area contributed by atoms with Gasteiger partial charge in [-0.05, 0) is 30.5 Å². The molecule has 1 nitrogen and oxygen atoms in total. The molecule has 2 rings (SSSR count). The van der Waals surface area contributed by atoms with Gasteiger partial charge < -0.3 is 5.32 Å². The molecule has 1 aromatic carbocycles. The Morgan fingerprint density at radius 2 is 1.88 bits per heavy atom. The van der Waals surface area contributed by atoms with Gasteiger partial charge in [0.05, 0.1) is 0 Å². The third-order valence-electron chi connectivity index (χ3n) is 3.56. The van der Waals surface area contributed by atoms with E-state index in [2.05, 4.69) is 19.2 Å². The molecule has 88 valence electrons. The van der Waals surface area contributed by atoms with Crippen LogP contribution in [0.1, 0.15) is 38.7 Å². The molecule has 0 amide bonds. The van der Waals surface area contributed by atoms with Gasteiger partial charge in [0.1, 0.15) is 5.82 Å². The molecule has 0 bridgehead atoms. The fraction of sp³-hybridized carbons (Fsp3) is 0.571. The maximum Gasteiger partial charge on any atom is 0.123 e. The predicted molar refractivity (Wildman–Crippen MR) is 65.1 cm³/mol. The molecule has 0 atom stereocenters. The Hall–Kier alpha value is -0.890. The maximum atomic E-state index is 12.8. The Balaban J connectivity index is 1.96. The van der Waals surface area contributed by atoms with E-state index in [1.54, 1.807) is 12.1 Å². The summed E-state index contributed by atoms with van der Waals surface area (Å²) in [7, 11) is 0. The zero-order valence-electron chi connectivity index (χ0n) is 10.1. The summed E-state index contributed by atoms with van der Waals surface area (Å²) >= 11 is 0. The van der Waals surface area contributed by atoms with Crippen LogP contribution in [0, 0.1) is 5.82 Å². The molecule has 1 aliphatic rings. The summed E-state index contributed by atoms with van der Waals surface area (Å²) < 4.78 is 12.8. The summed E-state index contributed by atoms with van der Waals surface area (Å²) in [6.45, 7) is 5.36. The van der Waals surface area contributed by atoms with Crippen LogP contribution in [0.15, 0.2) is 24.3 Å². The van der Waals surface area contributed by atoms with Crippen molar-refractivity contribution in [1.82, 2.24) is 5.32 Å². The lowest BCUT2D eigenvalue weighted by molar-refractivity contribution is 0.311. The molecule has 1 aromatic rings. The lowest BCUT2D eigenvalue weighted by atomic mass is 9.83. The Labute approximate surface area is 97.1 Å². The minimum atomic E-state index is -0.161. The average Bonchev–Trinajstić information content (AvgIpc) is 2.15. The Kier molecular flexibility index (Phi) is 3.29. The monoisotopic (exact) mass is 221 g/mol. The van der Waals surface area contributed by atoms with E-state index in [0.717, 1.165) is 6.54 Å². The first kappa shape index (κ1) is 11.6. The van der Waals surface area contributed by atoms with Gasteiger partial charge in [-0.2, -0.15) is 0 Å². The largest absolute Gasteiger partial charge is 0.313 e. The Bertz CT molecular complexity index is 338. The van der Waals surface area contributed by atoms with Crippen molar-refractivity contribution in [1.29, 1.82) is 0 Å². The molecule has 1 N–H and O–H groups in total. The number of rotatable bonds is 4. The molecule has 0 saturated heterocycles. The lowest BCUT2D eigenvalue weighted by Gasteiger charge is -2.32. The van der Waals surface area contributed by atoms with Crippen molar-refractivity contribution in [2.75, 3.05) is 6.54 Å². The fourth-order valence-electron chi connectivity index (χ4n) is 2.02. The lowest BCUT2D eigenvalue weighted by Crippen LogP contribution is -2.42.